The zero-order valence-corrected chi connectivity index (χ0v) is 9.78. The van der Waals surface area contributed by atoms with E-state index in [1.165, 1.54) is 0 Å². The van der Waals surface area contributed by atoms with Crippen molar-refractivity contribution in [1.82, 2.24) is 10.1 Å². The summed E-state index contributed by atoms with van der Waals surface area (Å²) >= 11 is 0. The van der Waals surface area contributed by atoms with Gasteiger partial charge in [0.1, 0.15) is 5.60 Å². The maximum absolute atomic E-state index is 5.64. The molecule has 0 radical (unpaired) electrons. The van der Waals surface area contributed by atoms with Crippen LogP contribution in [0.15, 0.2) is 4.52 Å². The highest BCUT2D eigenvalue weighted by Gasteiger charge is 2.27. The number of ether oxygens (including phenoxy) is 1. The zero-order chi connectivity index (χ0) is 11.5. The first kappa shape index (κ1) is 12.1. The number of nitrogens with zero attached hydrogens (tertiary/aromatic N) is 2. The van der Waals surface area contributed by atoms with E-state index in [2.05, 4.69) is 10.1 Å². The summed E-state index contributed by atoms with van der Waals surface area (Å²) in [6, 6.07) is 0.0218. The molecule has 0 fully saturated rings. The van der Waals surface area contributed by atoms with E-state index in [0.717, 1.165) is 0 Å². The summed E-state index contributed by atoms with van der Waals surface area (Å²) in [5.41, 5.74) is 5.14. The van der Waals surface area contributed by atoms with Crippen molar-refractivity contribution in [1.29, 1.82) is 0 Å². The van der Waals surface area contributed by atoms with Crippen LogP contribution >= 0.6 is 0 Å². The average Bonchev–Trinajstić information content (AvgIpc) is 2.51. The lowest BCUT2D eigenvalue weighted by molar-refractivity contribution is -0.0221. The minimum absolute atomic E-state index is 0.0218. The van der Waals surface area contributed by atoms with Gasteiger partial charge in [-0.25, -0.2) is 0 Å². The Bertz CT molecular complexity index is 307. The SMILES string of the molecule is CCOC(C)(C)c1noc(CC(C)N)n1. The Morgan fingerprint density at radius 1 is 1.53 bits per heavy atom. The van der Waals surface area contributed by atoms with E-state index >= 15 is 0 Å². The van der Waals surface area contributed by atoms with E-state index in [4.69, 9.17) is 15.0 Å². The van der Waals surface area contributed by atoms with Crippen molar-refractivity contribution < 1.29 is 9.26 Å². The highest BCUT2D eigenvalue weighted by Crippen LogP contribution is 2.21. The molecule has 0 amide bonds. The summed E-state index contributed by atoms with van der Waals surface area (Å²) in [6.07, 6.45) is 0.592. The first-order valence-corrected chi connectivity index (χ1v) is 5.18. The van der Waals surface area contributed by atoms with Crippen LogP contribution in [0.1, 0.15) is 39.4 Å². The molecule has 1 heterocycles. The molecule has 0 spiro atoms. The Morgan fingerprint density at radius 2 is 2.20 bits per heavy atom. The van der Waals surface area contributed by atoms with Crippen LogP contribution < -0.4 is 5.73 Å². The van der Waals surface area contributed by atoms with Gasteiger partial charge in [0.2, 0.25) is 11.7 Å². The highest BCUT2D eigenvalue weighted by atomic mass is 16.5. The Balaban J connectivity index is 2.74. The summed E-state index contributed by atoms with van der Waals surface area (Å²) in [5.74, 6) is 1.13. The van der Waals surface area contributed by atoms with Gasteiger partial charge in [-0.3, -0.25) is 0 Å². The molecule has 1 rings (SSSR count). The zero-order valence-electron chi connectivity index (χ0n) is 9.78. The van der Waals surface area contributed by atoms with E-state index in [-0.39, 0.29) is 6.04 Å². The molecular weight excluding hydrogens is 194 g/mol. The molecule has 0 aromatic carbocycles. The fourth-order valence-electron chi connectivity index (χ4n) is 1.28. The molecule has 1 aromatic heterocycles. The maximum atomic E-state index is 5.64. The summed E-state index contributed by atoms with van der Waals surface area (Å²) < 4.78 is 10.6. The van der Waals surface area contributed by atoms with Gasteiger partial charge in [-0.05, 0) is 27.7 Å². The van der Waals surface area contributed by atoms with E-state index in [1.54, 1.807) is 0 Å². The number of rotatable bonds is 5. The predicted molar refractivity (Wildman–Crippen MR) is 56.3 cm³/mol. The van der Waals surface area contributed by atoms with Crippen molar-refractivity contribution >= 4 is 0 Å². The molecule has 0 saturated carbocycles. The number of nitrogens with two attached hydrogens (primary N) is 1. The van der Waals surface area contributed by atoms with Crippen LogP contribution in [-0.2, 0) is 16.8 Å². The van der Waals surface area contributed by atoms with Crippen molar-refractivity contribution in [2.45, 2.75) is 45.8 Å². The van der Waals surface area contributed by atoms with Crippen LogP contribution in [0.3, 0.4) is 0 Å². The molecule has 5 nitrogen and oxygen atoms in total. The van der Waals surface area contributed by atoms with Crippen LogP contribution in [-0.4, -0.2) is 22.8 Å². The number of aromatic nitrogens is 2. The lowest BCUT2D eigenvalue weighted by Gasteiger charge is -2.19. The first-order chi connectivity index (χ1) is 6.95. The number of hydrogen-bond acceptors (Lipinski definition) is 5. The minimum atomic E-state index is -0.506. The lowest BCUT2D eigenvalue weighted by atomic mass is 10.1. The Hall–Kier alpha value is -0.940. The fraction of sp³-hybridized carbons (Fsp3) is 0.800. The second-order valence-corrected chi connectivity index (χ2v) is 4.14. The monoisotopic (exact) mass is 213 g/mol. The molecule has 1 atom stereocenters. The third-order valence-electron chi connectivity index (χ3n) is 2.01. The third-order valence-corrected chi connectivity index (χ3v) is 2.01. The van der Waals surface area contributed by atoms with E-state index < -0.39 is 5.60 Å². The maximum Gasteiger partial charge on any atom is 0.228 e. The van der Waals surface area contributed by atoms with Gasteiger partial charge in [0.05, 0.1) is 0 Å². The van der Waals surface area contributed by atoms with Gasteiger partial charge in [0.25, 0.3) is 0 Å². The molecular formula is C10H19N3O2. The standard InChI is InChI=1S/C10H19N3O2/c1-5-14-10(3,4)9-12-8(15-13-9)6-7(2)11/h7H,5-6,11H2,1-4H3. The molecule has 15 heavy (non-hydrogen) atoms. The van der Waals surface area contributed by atoms with Gasteiger partial charge in [-0.15, -0.1) is 0 Å². The molecule has 1 aromatic rings. The first-order valence-electron chi connectivity index (χ1n) is 5.18. The second-order valence-electron chi connectivity index (χ2n) is 4.14. The molecule has 2 N–H and O–H groups in total. The second kappa shape index (κ2) is 4.72. The van der Waals surface area contributed by atoms with Gasteiger partial charge in [-0.1, -0.05) is 5.16 Å². The van der Waals surface area contributed by atoms with Crippen LogP contribution in [0, 0.1) is 0 Å². The Labute approximate surface area is 90.0 Å². The van der Waals surface area contributed by atoms with Gasteiger partial charge in [0, 0.05) is 19.1 Å². The molecule has 0 aliphatic heterocycles. The molecule has 0 saturated heterocycles. The summed E-state index contributed by atoms with van der Waals surface area (Å²) in [4.78, 5) is 4.26. The van der Waals surface area contributed by atoms with Gasteiger partial charge in [0.15, 0.2) is 0 Å². The summed E-state index contributed by atoms with van der Waals surface area (Å²) in [6.45, 7) is 8.28. The van der Waals surface area contributed by atoms with Crippen LogP contribution in [0.25, 0.3) is 0 Å². The van der Waals surface area contributed by atoms with Crippen LogP contribution in [0.4, 0.5) is 0 Å². The largest absolute Gasteiger partial charge is 0.368 e. The number of hydrogen-bond donors (Lipinski definition) is 1. The molecule has 0 bridgehead atoms. The van der Waals surface area contributed by atoms with Crippen molar-refractivity contribution in [3.8, 4) is 0 Å². The Morgan fingerprint density at radius 3 is 2.73 bits per heavy atom. The Kier molecular flexibility index (Phi) is 3.82. The minimum Gasteiger partial charge on any atom is -0.368 e. The molecule has 5 heteroatoms. The third kappa shape index (κ3) is 3.28. The van der Waals surface area contributed by atoms with Crippen molar-refractivity contribution in [3.05, 3.63) is 11.7 Å². The van der Waals surface area contributed by atoms with Crippen molar-refractivity contribution in [3.63, 3.8) is 0 Å². The van der Waals surface area contributed by atoms with Crippen LogP contribution in [0.5, 0.6) is 0 Å². The predicted octanol–water partition coefficient (Wildman–Crippen LogP) is 1.23. The van der Waals surface area contributed by atoms with Crippen molar-refractivity contribution in [2.24, 2.45) is 5.73 Å². The topological polar surface area (TPSA) is 74.2 Å². The average molecular weight is 213 g/mol. The van der Waals surface area contributed by atoms with Gasteiger partial charge >= 0.3 is 0 Å². The van der Waals surface area contributed by atoms with E-state index in [9.17, 15) is 0 Å². The summed E-state index contributed by atoms with van der Waals surface area (Å²) in [7, 11) is 0. The normalized spacial score (nSPS) is 14.2. The molecule has 1 unspecified atom stereocenters. The van der Waals surface area contributed by atoms with Gasteiger partial charge < -0.3 is 15.0 Å². The smallest absolute Gasteiger partial charge is 0.228 e. The van der Waals surface area contributed by atoms with E-state index in [0.29, 0.717) is 24.7 Å². The fourth-order valence-corrected chi connectivity index (χ4v) is 1.28. The van der Waals surface area contributed by atoms with Crippen LogP contribution in [0.2, 0.25) is 0 Å². The summed E-state index contributed by atoms with van der Waals surface area (Å²) in [5, 5.41) is 3.89. The molecule has 0 aliphatic rings. The van der Waals surface area contributed by atoms with Crippen molar-refractivity contribution in [2.75, 3.05) is 6.61 Å². The quantitative estimate of drug-likeness (QED) is 0.796. The van der Waals surface area contributed by atoms with E-state index in [1.807, 2.05) is 27.7 Å². The van der Waals surface area contributed by atoms with Gasteiger partial charge in [-0.2, -0.15) is 4.98 Å². The highest BCUT2D eigenvalue weighted by molar-refractivity contribution is 4.98. The molecule has 0 aliphatic carbocycles. The lowest BCUT2D eigenvalue weighted by Crippen LogP contribution is -2.23. The molecule has 86 valence electrons.